The van der Waals surface area contributed by atoms with Crippen molar-refractivity contribution in [1.29, 1.82) is 0 Å². The molecule has 0 rings (SSSR count). The summed E-state index contributed by atoms with van der Waals surface area (Å²) in [6.07, 6.45) is 20.5. The second-order valence-corrected chi connectivity index (χ2v) is 12.5. The van der Waals surface area contributed by atoms with Crippen LogP contribution in [-0.2, 0) is 32.7 Å². The third-order valence-electron chi connectivity index (χ3n) is 5.82. The molecule has 0 aliphatic heterocycles. The van der Waals surface area contributed by atoms with Crippen LogP contribution in [0.5, 0.6) is 0 Å². The largest absolute Gasteiger partial charge is 0.756 e. The van der Waals surface area contributed by atoms with E-state index in [0.717, 1.165) is 19.8 Å². The van der Waals surface area contributed by atoms with Gasteiger partial charge in [-0.15, -0.1) is 0 Å². The van der Waals surface area contributed by atoms with Gasteiger partial charge in [0, 0.05) is 13.3 Å². The number of phosphoric ester groups is 1. The van der Waals surface area contributed by atoms with Gasteiger partial charge in [-0.2, -0.15) is 0 Å². The summed E-state index contributed by atoms with van der Waals surface area (Å²) in [6, 6.07) is 0. The van der Waals surface area contributed by atoms with Gasteiger partial charge in [0.25, 0.3) is 7.82 Å². The highest BCUT2D eigenvalue weighted by Crippen LogP contribution is 2.38. The number of likely N-dealkylation sites (N-methyl/N-ethyl adjacent to an activating group) is 1. The number of ether oxygens (including phenoxy) is 2. The Morgan fingerprint density at radius 3 is 2.34 bits per heavy atom. The maximum Gasteiger partial charge on any atom is 0.305 e. The number of nitrogens with zero attached hydrogens (tertiary/aromatic N) is 1. The van der Waals surface area contributed by atoms with Crippen molar-refractivity contribution in [3.63, 3.8) is 0 Å². The van der Waals surface area contributed by atoms with Gasteiger partial charge in [0.05, 0.1) is 33.9 Å². The summed E-state index contributed by atoms with van der Waals surface area (Å²) in [4.78, 5) is 35.4. The molecule has 10 nitrogen and oxygen atoms in total. The molecule has 0 aromatic carbocycles. The van der Waals surface area contributed by atoms with Crippen molar-refractivity contribution in [2.45, 2.75) is 96.7 Å². The van der Waals surface area contributed by atoms with Gasteiger partial charge in [0.2, 0.25) is 0 Å². The highest BCUT2D eigenvalue weighted by Gasteiger charge is 2.20. The quantitative estimate of drug-likeness (QED) is 0.0382. The highest BCUT2D eigenvalue weighted by molar-refractivity contribution is 7.45. The molecule has 0 bridgehead atoms. The number of phosphoric acid groups is 1. The smallest absolute Gasteiger partial charge is 0.305 e. The molecule has 0 heterocycles. The maximum atomic E-state index is 12.1. The number of hydrogen-bond acceptors (Lipinski definition) is 9. The minimum absolute atomic E-state index is 0.0476. The third kappa shape index (κ3) is 28.1. The van der Waals surface area contributed by atoms with Crippen LogP contribution < -0.4 is 4.89 Å². The maximum absolute atomic E-state index is 12.1. The Balaban J connectivity index is 4.17. The average molecular weight is 604 g/mol. The van der Waals surface area contributed by atoms with Crippen LogP contribution in [-0.4, -0.2) is 81.2 Å². The summed E-state index contributed by atoms with van der Waals surface area (Å²) in [5, 5.41) is 10.1. The van der Waals surface area contributed by atoms with Crippen molar-refractivity contribution in [2.24, 2.45) is 0 Å². The molecule has 0 aliphatic rings. The topological polar surface area (TPSA) is 131 Å². The predicted molar refractivity (Wildman–Crippen MR) is 159 cm³/mol. The van der Waals surface area contributed by atoms with Crippen LogP contribution in [0, 0.1) is 0 Å². The highest BCUT2D eigenvalue weighted by atomic mass is 31.2. The number of quaternary nitrogens is 1. The summed E-state index contributed by atoms with van der Waals surface area (Å²) >= 11 is 0. The zero-order valence-electron chi connectivity index (χ0n) is 25.8. The van der Waals surface area contributed by atoms with Gasteiger partial charge < -0.3 is 33.0 Å². The third-order valence-corrected chi connectivity index (χ3v) is 6.78. The van der Waals surface area contributed by atoms with Gasteiger partial charge >= 0.3 is 11.9 Å². The van der Waals surface area contributed by atoms with Gasteiger partial charge in [-0.1, -0.05) is 75.5 Å². The van der Waals surface area contributed by atoms with Gasteiger partial charge in [0.15, 0.2) is 6.10 Å². The Hall–Kier alpha value is -1.81. The van der Waals surface area contributed by atoms with E-state index in [2.05, 4.69) is 19.1 Å². The zero-order chi connectivity index (χ0) is 31.0. The molecule has 0 fully saturated rings. The van der Waals surface area contributed by atoms with Crippen LogP contribution in [0.4, 0.5) is 0 Å². The van der Waals surface area contributed by atoms with Crippen molar-refractivity contribution in [3.05, 3.63) is 36.5 Å². The van der Waals surface area contributed by atoms with Gasteiger partial charge in [-0.3, -0.25) is 14.2 Å². The summed E-state index contributed by atoms with van der Waals surface area (Å²) in [5.74, 6) is -1.23. The molecule has 0 spiro atoms. The van der Waals surface area contributed by atoms with Crippen LogP contribution in [0.2, 0.25) is 0 Å². The minimum Gasteiger partial charge on any atom is -0.756 e. The lowest BCUT2D eigenvalue weighted by Gasteiger charge is -2.28. The lowest BCUT2D eigenvalue weighted by Crippen LogP contribution is -2.37. The van der Waals surface area contributed by atoms with E-state index in [1.54, 1.807) is 12.2 Å². The SMILES string of the molecule is CCCCCCCC/C=C/C/C=C/C=C/C(O)CCCC(=O)OC[C@H](COP(=O)([O-])OCC[N+](C)(C)C)OC(C)=O. The van der Waals surface area contributed by atoms with Gasteiger partial charge in [0.1, 0.15) is 19.8 Å². The Morgan fingerprint density at radius 2 is 1.66 bits per heavy atom. The van der Waals surface area contributed by atoms with Crippen molar-refractivity contribution >= 4 is 19.8 Å². The van der Waals surface area contributed by atoms with Crippen LogP contribution in [0.1, 0.15) is 84.5 Å². The summed E-state index contributed by atoms with van der Waals surface area (Å²) in [7, 11) is 1.05. The zero-order valence-corrected chi connectivity index (χ0v) is 26.7. The fraction of sp³-hybridized carbons (Fsp3) is 0.733. The van der Waals surface area contributed by atoms with E-state index in [0.29, 0.717) is 23.9 Å². The molecule has 11 heteroatoms. The second-order valence-electron chi connectivity index (χ2n) is 11.0. The molecule has 0 aromatic rings. The molecule has 0 radical (unpaired) electrons. The Labute approximate surface area is 247 Å². The number of aliphatic hydroxyl groups excluding tert-OH is 1. The summed E-state index contributed by atoms with van der Waals surface area (Å²) < 4.78 is 32.2. The fourth-order valence-electron chi connectivity index (χ4n) is 3.48. The number of hydrogen-bond donors (Lipinski definition) is 1. The van der Waals surface area contributed by atoms with Gasteiger partial charge in [-0.25, -0.2) is 0 Å². The number of allylic oxidation sites excluding steroid dienone is 5. The summed E-state index contributed by atoms with van der Waals surface area (Å²) in [5.41, 5.74) is 0. The molecule has 1 N–H and O–H groups in total. The number of rotatable bonds is 25. The lowest BCUT2D eigenvalue weighted by molar-refractivity contribution is -0.870. The molecule has 0 amide bonds. The molecule has 0 aromatic heterocycles. The Kier molecular flexibility index (Phi) is 22.7. The first-order valence-electron chi connectivity index (χ1n) is 14.7. The predicted octanol–water partition coefficient (Wildman–Crippen LogP) is 5.01. The van der Waals surface area contributed by atoms with E-state index in [1.807, 2.05) is 33.3 Å². The Bertz CT molecular complexity index is 836. The lowest BCUT2D eigenvalue weighted by atomic mass is 10.1. The number of carbonyl (C=O) groups excluding carboxylic acids is 2. The molecule has 238 valence electrons. The minimum atomic E-state index is -4.61. The molecule has 2 unspecified atom stereocenters. The van der Waals surface area contributed by atoms with Crippen LogP contribution >= 0.6 is 7.82 Å². The van der Waals surface area contributed by atoms with Crippen LogP contribution in [0.25, 0.3) is 0 Å². The van der Waals surface area contributed by atoms with E-state index in [9.17, 15) is 24.2 Å². The normalized spacial score (nSPS) is 15.4. The average Bonchev–Trinajstić information content (AvgIpc) is 2.87. The van der Waals surface area contributed by atoms with Crippen molar-refractivity contribution in [2.75, 3.05) is 47.5 Å². The van der Waals surface area contributed by atoms with E-state index in [-0.39, 0.29) is 19.6 Å². The van der Waals surface area contributed by atoms with E-state index in [1.165, 1.54) is 38.5 Å². The Morgan fingerprint density at radius 1 is 0.951 bits per heavy atom. The van der Waals surface area contributed by atoms with Gasteiger partial charge in [-0.05, 0) is 32.1 Å². The number of carbonyl (C=O) groups is 2. The van der Waals surface area contributed by atoms with Crippen molar-refractivity contribution < 1.29 is 47.2 Å². The first kappa shape index (κ1) is 39.2. The van der Waals surface area contributed by atoms with E-state index < -0.39 is 38.6 Å². The molecule has 3 atom stereocenters. The molecular formula is C30H54NO9P. The first-order valence-corrected chi connectivity index (χ1v) is 16.2. The van der Waals surface area contributed by atoms with Crippen LogP contribution in [0.3, 0.4) is 0 Å². The number of aliphatic hydroxyl groups is 1. The monoisotopic (exact) mass is 603 g/mol. The number of esters is 2. The first-order chi connectivity index (χ1) is 19.3. The second kappa shape index (κ2) is 23.7. The molecule has 41 heavy (non-hydrogen) atoms. The molecular weight excluding hydrogens is 549 g/mol. The molecule has 0 aliphatic carbocycles. The van der Waals surface area contributed by atoms with E-state index >= 15 is 0 Å². The van der Waals surface area contributed by atoms with Crippen molar-refractivity contribution in [3.8, 4) is 0 Å². The fourth-order valence-corrected chi connectivity index (χ4v) is 4.21. The van der Waals surface area contributed by atoms with E-state index in [4.69, 9.17) is 18.5 Å². The molecule has 0 saturated carbocycles. The standard InChI is InChI=1S/C30H54NO9P/c1-6-7-8-9-10-11-12-13-14-15-16-17-18-20-28(33)21-19-22-30(34)37-25-29(40-27(2)32)26-39-41(35,36)38-24-23-31(3,4)5/h13-14,16-18,20,28-29,33H,6-12,15,19,21-26H2,1-5H3/b14-13+,17-16+,20-18+/t28?,29-/m1/s1. The summed E-state index contributed by atoms with van der Waals surface area (Å²) in [6.45, 7) is 2.86. The molecule has 0 saturated heterocycles. The van der Waals surface area contributed by atoms with Crippen molar-refractivity contribution in [1.82, 2.24) is 0 Å². The van der Waals surface area contributed by atoms with Crippen LogP contribution in [0.15, 0.2) is 36.5 Å². The number of unbranched alkanes of at least 4 members (excludes halogenated alkanes) is 6.